The first-order valence-corrected chi connectivity index (χ1v) is 19.8. The monoisotopic (exact) mass is 737 g/mol. The number of rotatable bonds is 3. The zero-order valence-electron chi connectivity index (χ0n) is 31.1. The van der Waals surface area contributed by atoms with E-state index in [2.05, 4.69) is 193 Å². The number of hydrogen-bond donors (Lipinski definition) is 0. The highest BCUT2D eigenvalue weighted by Crippen LogP contribution is 2.47. The molecule has 0 amide bonds. The van der Waals surface area contributed by atoms with Crippen molar-refractivity contribution < 1.29 is 4.42 Å². The summed E-state index contributed by atoms with van der Waals surface area (Å²) in [5, 5.41) is 15.2. The van der Waals surface area contributed by atoms with Crippen LogP contribution in [0.2, 0.25) is 0 Å². The molecule has 13 rings (SSSR count). The van der Waals surface area contributed by atoms with Crippen LogP contribution in [0.5, 0.6) is 0 Å². The average Bonchev–Trinajstić information content (AvgIpc) is 3.87. The van der Waals surface area contributed by atoms with Gasteiger partial charge in [0.05, 0.1) is 22.2 Å². The lowest BCUT2D eigenvalue weighted by molar-refractivity contribution is 0.671. The van der Waals surface area contributed by atoms with Crippen LogP contribution < -0.4 is 0 Å². The van der Waals surface area contributed by atoms with E-state index in [1.54, 1.807) is 0 Å². The largest absolute Gasteiger partial charge is 0.454 e. The third kappa shape index (κ3) is 4.29. The first-order chi connectivity index (χ1) is 28.8. The van der Waals surface area contributed by atoms with E-state index < -0.39 is 0 Å². The molecule has 0 unspecified atom stereocenters. The maximum atomic E-state index is 6.89. The molecular formula is C54H31N3O. The van der Waals surface area contributed by atoms with Gasteiger partial charge in [-0.15, -0.1) is 0 Å². The summed E-state index contributed by atoms with van der Waals surface area (Å²) in [4.78, 5) is 10.8. The number of hydrogen-bond acceptors (Lipinski definition) is 3. The first kappa shape index (κ1) is 31.4. The van der Waals surface area contributed by atoms with Crippen molar-refractivity contribution in [2.24, 2.45) is 0 Å². The molecule has 268 valence electrons. The molecule has 0 radical (unpaired) electrons. The minimum Gasteiger partial charge on any atom is -0.454 e. The summed E-state index contributed by atoms with van der Waals surface area (Å²) in [5.41, 5.74) is 8.94. The second kappa shape index (κ2) is 11.8. The minimum atomic E-state index is 0.691. The Morgan fingerprint density at radius 1 is 0.362 bits per heavy atom. The van der Waals surface area contributed by atoms with Crippen LogP contribution in [0.15, 0.2) is 192 Å². The third-order valence-corrected chi connectivity index (χ3v) is 12.1. The fraction of sp³-hybridized carbons (Fsp3) is 0. The van der Waals surface area contributed by atoms with Crippen molar-refractivity contribution in [3.63, 3.8) is 0 Å². The lowest BCUT2D eigenvalue weighted by Crippen LogP contribution is -1.98. The second-order valence-corrected chi connectivity index (χ2v) is 15.2. The molecule has 0 N–H and O–H groups in total. The summed E-state index contributed by atoms with van der Waals surface area (Å²) in [6, 6.07) is 66.9. The molecule has 0 aliphatic rings. The van der Waals surface area contributed by atoms with Gasteiger partial charge in [0.15, 0.2) is 11.4 Å². The fourth-order valence-electron chi connectivity index (χ4n) is 9.66. The lowest BCUT2D eigenvalue weighted by atomic mass is 9.94. The number of nitrogens with zero attached hydrogens (tertiary/aromatic N) is 3. The molecule has 0 atom stereocenters. The standard InChI is InChI=1S/C54H31N3O/c1-2-15-33(16-3-1)49-48-39-20-8-6-18-37(39)38-19-7-11-23-42(38)50(48)56-54(55-49)34-26-29-35(30-27-34)57-51-36-17-5-4-14-32(36)28-31-44(51)46-40-21-9-10-22-41(40)47-43-24-12-13-25-45(43)58-53(47)52(46)57/h1-31H. The number of benzene rings is 10. The Labute approximate surface area is 331 Å². The van der Waals surface area contributed by atoms with Gasteiger partial charge in [0.25, 0.3) is 0 Å². The SMILES string of the molecule is c1ccc(-c2nc(-c3ccc(-n4c5c6ccccc6ccc5c5c6ccccc6c6c7ccccc7oc6c54)cc3)nc3c4ccccc4c4ccccc4c23)cc1. The molecule has 13 aromatic rings. The van der Waals surface area contributed by atoms with E-state index >= 15 is 0 Å². The summed E-state index contributed by atoms with van der Waals surface area (Å²) < 4.78 is 9.31. The normalized spacial score (nSPS) is 12.1. The van der Waals surface area contributed by atoms with Crippen LogP contribution in [0.1, 0.15) is 0 Å². The van der Waals surface area contributed by atoms with Crippen LogP contribution in [0, 0.1) is 0 Å². The van der Waals surface area contributed by atoms with E-state index in [-0.39, 0.29) is 0 Å². The van der Waals surface area contributed by atoms with E-state index in [0.717, 1.165) is 77.2 Å². The smallest absolute Gasteiger partial charge is 0.160 e. The first-order valence-electron chi connectivity index (χ1n) is 19.8. The van der Waals surface area contributed by atoms with Crippen molar-refractivity contribution in [1.82, 2.24) is 14.5 Å². The molecule has 0 aliphatic heterocycles. The van der Waals surface area contributed by atoms with Gasteiger partial charge in [0.1, 0.15) is 5.58 Å². The molecule has 4 heteroatoms. The van der Waals surface area contributed by atoms with Crippen LogP contribution in [-0.4, -0.2) is 14.5 Å². The van der Waals surface area contributed by atoms with Gasteiger partial charge in [-0.05, 0) is 62.6 Å². The van der Waals surface area contributed by atoms with Gasteiger partial charge in [-0.1, -0.05) is 158 Å². The van der Waals surface area contributed by atoms with Gasteiger partial charge in [0.2, 0.25) is 0 Å². The molecule has 0 fully saturated rings. The maximum Gasteiger partial charge on any atom is 0.160 e. The fourth-order valence-corrected chi connectivity index (χ4v) is 9.66. The minimum absolute atomic E-state index is 0.691. The second-order valence-electron chi connectivity index (χ2n) is 15.2. The molecule has 0 spiro atoms. The Hall–Kier alpha value is -7.82. The molecule has 0 bridgehead atoms. The molecule has 0 aliphatic carbocycles. The van der Waals surface area contributed by atoms with Crippen molar-refractivity contribution >= 4 is 97.7 Å². The summed E-state index contributed by atoms with van der Waals surface area (Å²) in [5.74, 6) is 0.691. The molecule has 3 aromatic heterocycles. The topological polar surface area (TPSA) is 43.9 Å². The van der Waals surface area contributed by atoms with Crippen LogP contribution in [0.4, 0.5) is 0 Å². The highest BCUT2D eigenvalue weighted by atomic mass is 16.3. The molecule has 58 heavy (non-hydrogen) atoms. The van der Waals surface area contributed by atoms with Gasteiger partial charge in [-0.25, -0.2) is 9.97 Å². The number of furan rings is 1. The van der Waals surface area contributed by atoms with E-state index in [9.17, 15) is 0 Å². The Balaban J connectivity index is 1.12. The van der Waals surface area contributed by atoms with Gasteiger partial charge in [0, 0.05) is 54.5 Å². The number of para-hydroxylation sites is 1. The molecule has 0 saturated heterocycles. The van der Waals surface area contributed by atoms with Gasteiger partial charge < -0.3 is 8.98 Å². The third-order valence-electron chi connectivity index (χ3n) is 12.1. The number of fused-ring (bicyclic) bond motifs is 18. The molecule has 3 heterocycles. The van der Waals surface area contributed by atoms with Gasteiger partial charge >= 0.3 is 0 Å². The zero-order chi connectivity index (χ0) is 37.9. The maximum absolute atomic E-state index is 6.89. The predicted molar refractivity (Wildman–Crippen MR) is 242 cm³/mol. The average molecular weight is 738 g/mol. The summed E-state index contributed by atoms with van der Waals surface area (Å²) in [6.45, 7) is 0. The highest BCUT2D eigenvalue weighted by molar-refractivity contribution is 6.36. The summed E-state index contributed by atoms with van der Waals surface area (Å²) in [7, 11) is 0. The van der Waals surface area contributed by atoms with Crippen molar-refractivity contribution in [2.75, 3.05) is 0 Å². The van der Waals surface area contributed by atoms with Crippen molar-refractivity contribution in [1.29, 1.82) is 0 Å². The van der Waals surface area contributed by atoms with Crippen LogP contribution in [0.3, 0.4) is 0 Å². The van der Waals surface area contributed by atoms with Crippen molar-refractivity contribution in [3.8, 4) is 28.3 Å². The van der Waals surface area contributed by atoms with Crippen molar-refractivity contribution in [3.05, 3.63) is 188 Å². The molecule has 4 nitrogen and oxygen atoms in total. The quantitative estimate of drug-likeness (QED) is 0.170. The van der Waals surface area contributed by atoms with Gasteiger partial charge in [-0.2, -0.15) is 0 Å². The Morgan fingerprint density at radius 2 is 0.948 bits per heavy atom. The summed E-state index contributed by atoms with van der Waals surface area (Å²) in [6.07, 6.45) is 0. The lowest BCUT2D eigenvalue weighted by Gasteiger charge is -2.15. The highest BCUT2D eigenvalue weighted by Gasteiger charge is 2.24. The van der Waals surface area contributed by atoms with E-state index in [0.29, 0.717) is 5.82 Å². The van der Waals surface area contributed by atoms with Crippen LogP contribution in [0.25, 0.3) is 126 Å². The van der Waals surface area contributed by atoms with Gasteiger partial charge in [-0.3, -0.25) is 0 Å². The Kier molecular flexibility index (Phi) is 6.41. The predicted octanol–water partition coefficient (Wildman–Crippen LogP) is 14.6. The summed E-state index contributed by atoms with van der Waals surface area (Å²) >= 11 is 0. The number of aromatic nitrogens is 3. The van der Waals surface area contributed by atoms with E-state index in [1.165, 1.54) is 43.1 Å². The Bertz CT molecular complexity index is 3840. The Morgan fingerprint density at radius 3 is 1.71 bits per heavy atom. The molecule has 0 saturated carbocycles. The van der Waals surface area contributed by atoms with E-state index in [4.69, 9.17) is 14.4 Å². The van der Waals surface area contributed by atoms with Crippen LogP contribution >= 0.6 is 0 Å². The zero-order valence-corrected chi connectivity index (χ0v) is 31.1. The van der Waals surface area contributed by atoms with Crippen LogP contribution in [-0.2, 0) is 0 Å². The molecule has 10 aromatic carbocycles. The molecular weight excluding hydrogens is 707 g/mol. The van der Waals surface area contributed by atoms with Crippen molar-refractivity contribution in [2.45, 2.75) is 0 Å². The van der Waals surface area contributed by atoms with E-state index in [1.807, 2.05) is 0 Å².